The van der Waals surface area contributed by atoms with Gasteiger partial charge in [0.05, 0.1) is 16.6 Å². The van der Waals surface area contributed by atoms with Crippen LogP contribution in [0.25, 0.3) is 0 Å². The molecule has 1 aliphatic carbocycles. The van der Waals surface area contributed by atoms with E-state index >= 15 is 0 Å². The Labute approximate surface area is 86.4 Å². The second-order valence-corrected chi connectivity index (χ2v) is 7.58. The lowest BCUT2D eigenvalue weighted by molar-refractivity contribution is 0.256. The van der Waals surface area contributed by atoms with Gasteiger partial charge in [-0.15, -0.1) is 0 Å². The molecule has 1 saturated carbocycles. The molecule has 0 aromatic rings. The smallest absolute Gasteiger partial charge is 0.160 e. The quantitative estimate of drug-likeness (QED) is 0.784. The fourth-order valence-corrected chi connectivity index (χ4v) is 3.95. The molecule has 14 heavy (non-hydrogen) atoms. The van der Waals surface area contributed by atoms with Gasteiger partial charge in [-0.25, -0.2) is 8.42 Å². The maximum absolute atomic E-state index is 12.1. The molecule has 0 aromatic carbocycles. The Kier molecular flexibility index (Phi) is 3.58. The summed E-state index contributed by atoms with van der Waals surface area (Å²) in [5, 5.41) is 8.86. The van der Waals surface area contributed by atoms with E-state index in [0.29, 0.717) is 0 Å². The fourth-order valence-electron chi connectivity index (χ4n) is 1.92. The summed E-state index contributed by atoms with van der Waals surface area (Å²) < 4.78 is 23.2. The largest absolute Gasteiger partial charge is 0.395 e. The van der Waals surface area contributed by atoms with Gasteiger partial charge in [0.2, 0.25) is 0 Å². The molecule has 1 N–H and O–H groups in total. The van der Waals surface area contributed by atoms with Crippen molar-refractivity contribution in [3.05, 3.63) is 0 Å². The molecular formula is C10H20O3S. The minimum Gasteiger partial charge on any atom is -0.395 e. The summed E-state index contributed by atoms with van der Waals surface area (Å²) in [6.07, 6.45) is 4.69. The molecule has 0 saturated heterocycles. The van der Waals surface area contributed by atoms with E-state index in [-0.39, 0.29) is 11.9 Å². The van der Waals surface area contributed by atoms with E-state index in [4.69, 9.17) is 5.11 Å². The van der Waals surface area contributed by atoms with E-state index < -0.39 is 14.6 Å². The fraction of sp³-hybridized carbons (Fsp3) is 1.00. The van der Waals surface area contributed by atoms with Crippen LogP contribution in [-0.2, 0) is 9.84 Å². The normalized spacial score (nSPS) is 21.1. The summed E-state index contributed by atoms with van der Waals surface area (Å²) in [6.45, 7) is 2.93. The lowest BCUT2D eigenvalue weighted by Crippen LogP contribution is -2.43. The maximum Gasteiger partial charge on any atom is 0.160 e. The molecule has 0 unspecified atom stereocenters. The van der Waals surface area contributed by atoms with Gasteiger partial charge < -0.3 is 5.11 Å². The molecule has 84 valence electrons. The highest BCUT2D eigenvalue weighted by molar-refractivity contribution is 7.93. The number of hydrogen-bond donors (Lipinski definition) is 1. The van der Waals surface area contributed by atoms with Crippen molar-refractivity contribution in [2.24, 2.45) is 0 Å². The Morgan fingerprint density at radius 1 is 1.21 bits per heavy atom. The second kappa shape index (κ2) is 4.19. The van der Waals surface area contributed by atoms with Crippen molar-refractivity contribution < 1.29 is 13.5 Å². The summed E-state index contributed by atoms with van der Waals surface area (Å²) in [5.41, 5.74) is 0. The molecule has 1 fully saturated rings. The summed E-state index contributed by atoms with van der Waals surface area (Å²) in [6, 6.07) is 0. The van der Waals surface area contributed by atoms with Crippen molar-refractivity contribution in [1.29, 1.82) is 0 Å². The van der Waals surface area contributed by atoms with Crippen molar-refractivity contribution in [2.75, 3.05) is 6.61 Å². The highest BCUT2D eigenvalue weighted by Crippen LogP contribution is 2.30. The molecule has 4 heteroatoms. The van der Waals surface area contributed by atoms with Crippen LogP contribution in [0.5, 0.6) is 0 Å². The van der Waals surface area contributed by atoms with E-state index in [2.05, 4.69) is 0 Å². The molecule has 0 aromatic heterocycles. The molecular weight excluding hydrogens is 200 g/mol. The molecule has 1 aliphatic rings. The first-order valence-electron chi connectivity index (χ1n) is 5.26. The van der Waals surface area contributed by atoms with E-state index in [1.54, 1.807) is 13.8 Å². The third kappa shape index (κ3) is 2.11. The average molecular weight is 220 g/mol. The first-order chi connectivity index (χ1) is 6.42. The van der Waals surface area contributed by atoms with Crippen molar-refractivity contribution in [3.8, 4) is 0 Å². The van der Waals surface area contributed by atoms with Crippen LogP contribution in [0.15, 0.2) is 0 Å². The number of rotatable bonds is 3. The van der Waals surface area contributed by atoms with Crippen LogP contribution in [-0.4, -0.2) is 30.1 Å². The Hall–Kier alpha value is -0.0900. The highest BCUT2D eigenvalue weighted by Gasteiger charge is 2.40. The summed E-state index contributed by atoms with van der Waals surface area (Å²) in [5.74, 6) is 0. The van der Waals surface area contributed by atoms with Gasteiger partial charge in [-0.2, -0.15) is 0 Å². The van der Waals surface area contributed by atoms with E-state index in [1.165, 1.54) is 0 Å². The lowest BCUT2D eigenvalue weighted by Gasteiger charge is -2.30. The van der Waals surface area contributed by atoms with Crippen LogP contribution < -0.4 is 0 Å². The van der Waals surface area contributed by atoms with Gasteiger partial charge >= 0.3 is 0 Å². The van der Waals surface area contributed by atoms with Crippen LogP contribution in [0, 0.1) is 0 Å². The van der Waals surface area contributed by atoms with Crippen LogP contribution in [0.3, 0.4) is 0 Å². The van der Waals surface area contributed by atoms with Crippen molar-refractivity contribution in [3.63, 3.8) is 0 Å². The minimum absolute atomic E-state index is 0.224. The summed E-state index contributed by atoms with van der Waals surface area (Å²) in [4.78, 5) is 0. The molecule has 0 atom stereocenters. The Bertz CT molecular complexity index is 274. The van der Waals surface area contributed by atoms with Crippen molar-refractivity contribution in [1.82, 2.24) is 0 Å². The van der Waals surface area contributed by atoms with Gasteiger partial charge in [0.1, 0.15) is 0 Å². The van der Waals surface area contributed by atoms with Gasteiger partial charge in [0, 0.05) is 0 Å². The molecule has 0 heterocycles. The minimum atomic E-state index is -3.16. The van der Waals surface area contributed by atoms with Crippen LogP contribution in [0.2, 0.25) is 0 Å². The maximum atomic E-state index is 12.1. The van der Waals surface area contributed by atoms with Crippen molar-refractivity contribution >= 4 is 9.84 Å². The topological polar surface area (TPSA) is 54.4 Å². The summed E-state index contributed by atoms with van der Waals surface area (Å²) in [7, 11) is -3.16. The van der Waals surface area contributed by atoms with Crippen LogP contribution >= 0.6 is 0 Å². The average Bonchev–Trinajstić information content (AvgIpc) is 2.19. The van der Waals surface area contributed by atoms with Gasteiger partial charge in [-0.05, 0) is 26.7 Å². The van der Waals surface area contributed by atoms with Gasteiger partial charge in [-0.3, -0.25) is 0 Å². The SMILES string of the molecule is CC(C)(CO)S(=O)(=O)C1CCCCC1. The third-order valence-electron chi connectivity index (χ3n) is 3.14. The van der Waals surface area contributed by atoms with Gasteiger partial charge in [-0.1, -0.05) is 19.3 Å². The monoisotopic (exact) mass is 220 g/mol. The van der Waals surface area contributed by atoms with E-state index in [1.807, 2.05) is 0 Å². The molecule has 0 radical (unpaired) electrons. The predicted octanol–water partition coefficient (Wildman–Crippen LogP) is 1.50. The number of hydrogen-bond acceptors (Lipinski definition) is 3. The zero-order valence-corrected chi connectivity index (χ0v) is 9.81. The van der Waals surface area contributed by atoms with Gasteiger partial charge in [0.15, 0.2) is 9.84 Å². The van der Waals surface area contributed by atoms with Gasteiger partial charge in [0.25, 0.3) is 0 Å². The Morgan fingerprint density at radius 3 is 2.14 bits per heavy atom. The first-order valence-corrected chi connectivity index (χ1v) is 6.81. The van der Waals surface area contributed by atoms with Crippen molar-refractivity contribution in [2.45, 2.75) is 55.9 Å². The second-order valence-electron chi connectivity index (χ2n) is 4.72. The standard InChI is InChI=1S/C10H20O3S/c1-10(2,8-11)14(12,13)9-6-4-3-5-7-9/h9,11H,3-8H2,1-2H3. The number of sulfone groups is 1. The molecule has 0 aliphatic heterocycles. The molecule has 1 rings (SSSR count). The Morgan fingerprint density at radius 2 is 1.71 bits per heavy atom. The Balaban J connectivity index is 2.83. The predicted molar refractivity (Wildman–Crippen MR) is 57.0 cm³/mol. The first kappa shape index (κ1) is 12.0. The van der Waals surface area contributed by atoms with E-state index in [9.17, 15) is 8.42 Å². The number of aliphatic hydroxyl groups excluding tert-OH is 1. The molecule has 0 spiro atoms. The lowest BCUT2D eigenvalue weighted by atomic mass is 10.0. The summed E-state index contributed by atoms with van der Waals surface area (Å²) >= 11 is 0. The number of aliphatic hydroxyl groups is 1. The molecule has 3 nitrogen and oxygen atoms in total. The third-order valence-corrected chi connectivity index (χ3v) is 6.16. The zero-order chi connectivity index (χ0) is 10.8. The zero-order valence-electron chi connectivity index (χ0n) is 8.99. The molecule has 0 amide bonds. The van der Waals surface area contributed by atoms with Crippen LogP contribution in [0.4, 0.5) is 0 Å². The van der Waals surface area contributed by atoms with E-state index in [0.717, 1.165) is 32.1 Å². The van der Waals surface area contributed by atoms with Crippen LogP contribution in [0.1, 0.15) is 46.0 Å². The molecule has 0 bridgehead atoms. The highest BCUT2D eigenvalue weighted by atomic mass is 32.2.